The van der Waals surface area contributed by atoms with Gasteiger partial charge in [0.1, 0.15) is 0 Å². The first-order chi connectivity index (χ1) is 17.5. The molecule has 2 aliphatic heterocycles. The Morgan fingerprint density at radius 3 is 2.86 bits per heavy atom. The van der Waals surface area contributed by atoms with Gasteiger partial charge in [0.15, 0.2) is 5.78 Å². The van der Waals surface area contributed by atoms with E-state index in [4.69, 9.17) is 9.84 Å². The first-order valence-electron chi connectivity index (χ1n) is 12.5. The van der Waals surface area contributed by atoms with E-state index in [1.807, 2.05) is 65.3 Å². The van der Waals surface area contributed by atoms with Gasteiger partial charge in [-0.2, -0.15) is 10.2 Å². The molecule has 8 heteroatoms. The van der Waals surface area contributed by atoms with Crippen molar-refractivity contribution in [1.82, 2.24) is 24.5 Å². The highest BCUT2D eigenvalue weighted by atomic mass is 16.5. The molecule has 36 heavy (non-hydrogen) atoms. The fourth-order valence-corrected chi connectivity index (χ4v) is 5.39. The van der Waals surface area contributed by atoms with Gasteiger partial charge in [0, 0.05) is 74.3 Å². The van der Waals surface area contributed by atoms with E-state index in [-0.39, 0.29) is 17.7 Å². The van der Waals surface area contributed by atoms with Crippen molar-refractivity contribution in [1.29, 1.82) is 0 Å². The fourth-order valence-electron chi connectivity index (χ4n) is 5.39. The van der Waals surface area contributed by atoms with E-state index in [0.717, 1.165) is 52.7 Å². The number of hydrogen-bond donors (Lipinski definition) is 0. The minimum atomic E-state index is 0.0567. The molecule has 0 aliphatic carbocycles. The molecule has 1 unspecified atom stereocenters. The van der Waals surface area contributed by atoms with Crippen LogP contribution >= 0.6 is 0 Å². The van der Waals surface area contributed by atoms with E-state index >= 15 is 0 Å². The van der Waals surface area contributed by atoms with Gasteiger partial charge in [-0.1, -0.05) is 30.3 Å². The lowest BCUT2D eigenvalue weighted by molar-refractivity contribution is -0.129. The zero-order chi connectivity index (χ0) is 24.8. The number of fused-ring (bicyclic) bond motifs is 2. The van der Waals surface area contributed by atoms with Crippen LogP contribution < -0.4 is 0 Å². The van der Waals surface area contributed by atoms with E-state index in [2.05, 4.69) is 9.78 Å². The summed E-state index contributed by atoms with van der Waals surface area (Å²) in [4.78, 5) is 27.3. The average Bonchev–Trinajstić information content (AvgIpc) is 3.63. The lowest BCUT2D eigenvalue weighted by atomic mass is 9.97. The highest BCUT2D eigenvalue weighted by molar-refractivity contribution is 5.99. The van der Waals surface area contributed by atoms with Gasteiger partial charge in [-0.15, -0.1) is 0 Å². The minimum Gasteiger partial charge on any atom is -0.379 e. The van der Waals surface area contributed by atoms with Crippen LogP contribution in [0.25, 0.3) is 22.2 Å². The highest BCUT2D eigenvalue weighted by Crippen LogP contribution is 2.34. The number of amides is 1. The fraction of sp³-hybridized carbons (Fsp3) is 0.357. The Kier molecular flexibility index (Phi) is 5.68. The van der Waals surface area contributed by atoms with E-state index in [9.17, 15) is 9.59 Å². The monoisotopic (exact) mass is 483 g/mol. The van der Waals surface area contributed by atoms with E-state index in [1.54, 1.807) is 6.92 Å². The number of carbonyl (C=O) groups is 2. The van der Waals surface area contributed by atoms with E-state index < -0.39 is 0 Å². The van der Waals surface area contributed by atoms with Crippen LogP contribution in [-0.4, -0.2) is 55.9 Å². The molecular weight excluding hydrogens is 454 g/mol. The normalized spacial score (nSPS) is 17.5. The molecule has 0 radical (unpaired) electrons. The third kappa shape index (κ3) is 4.01. The average molecular weight is 484 g/mol. The molecule has 0 spiro atoms. The summed E-state index contributed by atoms with van der Waals surface area (Å²) in [7, 11) is 1.90. The molecule has 4 aromatic rings. The number of hydrogen-bond acceptors (Lipinski definition) is 5. The first kappa shape index (κ1) is 22.7. The number of aromatic nitrogens is 4. The van der Waals surface area contributed by atoms with Crippen molar-refractivity contribution in [2.75, 3.05) is 19.8 Å². The molecule has 2 aromatic heterocycles. The second kappa shape index (κ2) is 9.02. The van der Waals surface area contributed by atoms with Crippen molar-refractivity contribution in [2.45, 2.75) is 38.8 Å². The largest absolute Gasteiger partial charge is 0.379 e. The molecule has 4 heterocycles. The summed E-state index contributed by atoms with van der Waals surface area (Å²) in [5.74, 6) is 0.124. The maximum atomic E-state index is 13.3. The van der Waals surface area contributed by atoms with Gasteiger partial charge >= 0.3 is 0 Å². The van der Waals surface area contributed by atoms with Crippen molar-refractivity contribution in [3.63, 3.8) is 0 Å². The van der Waals surface area contributed by atoms with Crippen molar-refractivity contribution in [3.8, 4) is 11.3 Å². The van der Waals surface area contributed by atoms with Crippen LogP contribution in [-0.2, 0) is 36.0 Å². The summed E-state index contributed by atoms with van der Waals surface area (Å²) >= 11 is 0. The second-order valence-electron chi connectivity index (χ2n) is 9.77. The molecular formula is C28H29N5O3. The molecule has 8 nitrogen and oxygen atoms in total. The highest BCUT2D eigenvalue weighted by Gasteiger charge is 2.30. The van der Waals surface area contributed by atoms with Crippen LogP contribution in [0.3, 0.4) is 0 Å². The molecule has 1 atom stereocenters. The smallest absolute Gasteiger partial charge is 0.219 e. The summed E-state index contributed by atoms with van der Waals surface area (Å²) < 4.78 is 9.58. The van der Waals surface area contributed by atoms with Crippen molar-refractivity contribution < 1.29 is 14.3 Å². The minimum absolute atomic E-state index is 0.0567. The Bertz CT molecular complexity index is 1480. The van der Waals surface area contributed by atoms with Crippen LogP contribution in [0.1, 0.15) is 46.6 Å². The Morgan fingerprint density at radius 2 is 2.06 bits per heavy atom. The molecule has 0 bridgehead atoms. The zero-order valence-electron chi connectivity index (χ0n) is 20.6. The third-order valence-electron chi connectivity index (χ3n) is 7.42. The third-order valence-corrected chi connectivity index (χ3v) is 7.42. The van der Waals surface area contributed by atoms with Crippen molar-refractivity contribution in [2.24, 2.45) is 7.05 Å². The lowest BCUT2D eigenvalue weighted by Crippen LogP contribution is -2.35. The number of aryl methyl sites for hydroxylation is 1. The Hall–Kier alpha value is -3.78. The number of ketones is 1. The zero-order valence-corrected chi connectivity index (χ0v) is 20.6. The topological polar surface area (TPSA) is 82.3 Å². The van der Waals surface area contributed by atoms with Crippen LogP contribution in [0.5, 0.6) is 0 Å². The summed E-state index contributed by atoms with van der Waals surface area (Å²) in [6.45, 7) is 4.24. The predicted molar refractivity (Wildman–Crippen MR) is 136 cm³/mol. The molecule has 2 aromatic carbocycles. The molecule has 0 N–H and O–H groups in total. The molecule has 1 saturated heterocycles. The predicted octanol–water partition coefficient (Wildman–Crippen LogP) is 3.73. The number of ether oxygens (including phenoxy) is 1. The molecule has 2 aliphatic rings. The number of nitrogens with zero attached hydrogens (tertiary/aromatic N) is 5. The van der Waals surface area contributed by atoms with Gasteiger partial charge in [0.25, 0.3) is 0 Å². The Labute approximate surface area is 209 Å². The Balaban J connectivity index is 1.33. The quantitative estimate of drug-likeness (QED) is 0.404. The van der Waals surface area contributed by atoms with Crippen molar-refractivity contribution >= 4 is 22.6 Å². The maximum absolute atomic E-state index is 13.3. The van der Waals surface area contributed by atoms with Crippen molar-refractivity contribution in [3.05, 3.63) is 71.0 Å². The van der Waals surface area contributed by atoms with Gasteiger partial charge in [-0.25, -0.2) is 0 Å². The first-order valence-corrected chi connectivity index (χ1v) is 12.5. The number of rotatable bonds is 5. The lowest BCUT2D eigenvalue weighted by Gasteiger charge is -2.27. The van der Waals surface area contributed by atoms with Crippen LogP contribution in [0.15, 0.2) is 48.7 Å². The van der Waals surface area contributed by atoms with Gasteiger partial charge < -0.3 is 9.64 Å². The van der Waals surface area contributed by atoms with Crippen LogP contribution in [0.4, 0.5) is 0 Å². The van der Waals surface area contributed by atoms with Gasteiger partial charge in [0.2, 0.25) is 5.91 Å². The van der Waals surface area contributed by atoms with Gasteiger partial charge in [-0.05, 0) is 24.1 Å². The van der Waals surface area contributed by atoms with E-state index in [1.165, 1.54) is 5.69 Å². The van der Waals surface area contributed by atoms with Crippen LogP contribution in [0, 0.1) is 0 Å². The Morgan fingerprint density at radius 1 is 1.17 bits per heavy atom. The molecule has 0 saturated carbocycles. The summed E-state index contributed by atoms with van der Waals surface area (Å²) in [6, 6.07) is 14.0. The summed E-state index contributed by atoms with van der Waals surface area (Å²) in [6.07, 6.45) is 3.85. The molecule has 1 amide bonds. The van der Waals surface area contributed by atoms with E-state index in [0.29, 0.717) is 31.7 Å². The standard InChI is InChI=1S/C28H29N5O3/c1-18(34)32-10-8-25-24(16-32)28(30-33(25)23-9-11-36-17-23)21-5-3-4-20(14-21)27(35)13-19-6-7-22-15-29-31(2)26(22)12-19/h3-7,12,14-15,23H,8-11,13,16-17H2,1-2H3. The van der Waals surface area contributed by atoms with Gasteiger partial charge in [0.05, 0.1) is 30.1 Å². The number of benzene rings is 2. The van der Waals surface area contributed by atoms with Gasteiger partial charge in [-0.3, -0.25) is 19.0 Å². The second-order valence-corrected chi connectivity index (χ2v) is 9.77. The SMILES string of the molecule is CC(=O)N1CCc2c(c(-c3cccc(C(=O)Cc4ccc5cnn(C)c5c4)c3)nn2C2CCOC2)C1. The number of Topliss-reactive ketones (excluding diaryl/α,β-unsaturated/α-hetero) is 1. The molecule has 6 rings (SSSR count). The molecule has 184 valence electrons. The van der Waals surface area contributed by atoms with Crippen LogP contribution in [0.2, 0.25) is 0 Å². The summed E-state index contributed by atoms with van der Waals surface area (Å²) in [5.41, 5.74) is 6.65. The maximum Gasteiger partial charge on any atom is 0.219 e. The number of carbonyl (C=O) groups excluding carboxylic acids is 2. The molecule has 1 fully saturated rings. The summed E-state index contributed by atoms with van der Waals surface area (Å²) in [5, 5.41) is 10.4.